The van der Waals surface area contributed by atoms with Crippen LogP contribution in [-0.4, -0.2) is 47.3 Å². The number of aliphatic carboxylic acids is 1. The van der Waals surface area contributed by atoms with Crippen LogP contribution in [0.3, 0.4) is 0 Å². The molecule has 1 atom stereocenters. The van der Waals surface area contributed by atoms with Crippen molar-refractivity contribution in [3.05, 3.63) is 0 Å². The molecule has 0 aliphatic rings. The maximum Gasteiger partial charge on any atom is 0.406 e. The summed E-state index contributed by atoms with van der Waals surface area (Å²) in [6.07, 6.45) is 0.253. The van der Waals surface area contributed by atoms with Gasteiger partial charge in [0.15, 0.2) is 0 Å². The third-order valence-electron chi connectivity index (χ3n) is 1.57. The van der Waals surface area contributed by atoms with Crippen LogP contribution in [0, 0.1) is 12.3 Å². The van der Waals surface area contributed by atoms with Gasteiger partial charge in [-0.2, -0.15) is 13.2 Å². The summed E-state index contributed by atoms with van der Waals surface area (Å²) in [5.74, 6) is 0.536. The summed E-state index contributed by atoms with van der Waals surface area (Å²) in [4.78, 5) is 21.7. The SMILES string of the molecule is C#CC(C)NC(=O)N(CC(=O)O)CC(F)(F)F. The first-order chi connectivity index (χ1) is 7.65. The molecule has 0 bridgehead atoms. The van der Waals surface area contributed by atoms with Crippen LogP contribution in [0.25, 0.3) is 0 Å². The number of hydrogen-bond donors (Lipinski definition) is 2. The maximum atomic E-state index is 12.1. The van der Waals surface area contributed by atoms with Gasteiger partial charge in [-0.1, -0.05) is 5.92 Å². The number of amides is 2. The quantitative estimate of drug-likeness (QED) is 0.722. The highest BCUT2D eigenvalue weighted by molar-refractivity contribution is 5.80. The Hall–Kier alpha value is -1.91. The number of carbonyl (C=O) groups excluding carboxylic acids is 1. The van der Waals surface area contributed by atoms with Crippen LogP contribution in [0.5, 0.6) is 0 Å². The smallest absolute Gasteiger partial charge is 0.406 e. The Bertz CT molecular complexity index is 335. The van der Waals surface area contributed by atoms with Crippen molar-refractivity contribution < 1.29 is 27.9 Å². The van der Waals surface area contributed by atoms with E-state index in [-0.39, 0.29) is 4.90 Å². The number of rotatable bonds is 4. The topological polar surface area (TPSA) is 69.6 Å². The molecule has 0 rings (SSSR count). The summed E-state index contributed by atoms with van der Waals surface area (Å²) in [5.41, 5.74) is 0. The average Bonchev–Trinajstić information content (AvgIpc) is 2.13. The van der Waals surface area contributed by atoms with Crippen LogP contribution in [-0.2, 0) is 4.79 Å². The summed E-state index contributed by atoms with van der Waals surface area (Å²) in [5, 5.41) is 10.4. The second kappa shape index (κ2) is 5.98. The Morgan fingerprint density at radius 1 is 1.53 bits per heavy atom. The third kappa shape index (κ3) is 7.05. The molecule has 0 fully saturated rings. The van der Waals surface area contributed by atoms with Crippen molar-refractivity contribution in [3.63, 3.8) is 0 Å². The monoisotopic (exact) mass is 252 g/mol. The number of urea groups is 1. The van der Waals surface area contributed by atoms with E-state index in [0.29, 0.717) is 0 Å². The fraction of sp³-hybridized carbons (Fsp3) is 0.556. The zero-order valence-electron chi connectivity index (χ0n) is 8.91. The molecule has 0 aromatic rings. The number of nitrogens with one attached hydrogen (secondary N) is 1. The Morgan fingerprint density at radius 2 is 2.06 bits per heavy atom. The molecule has 0 heterocycles. The molecule has 0 radical (unpaired) electrons. The van der Waals surface area contributed by atoms with Gasteiger partial charge < -0.3 is 15.3 Å². The van der Waals surface area contributed by atoms with Crippen molar-refractivity contribution in [1.82, 2.24) is 10.2 Å². The Kier molecular flexibility index (Phi) is 5.31. The zero-order valence-corrected chi connectivity index (χ0v) is 8.91. The Balaban J connectivity index is 4.63. The lowest BCUT2D eigenvalue weighted by Crippen LogP contribution is -2.49. The van der Waals surface area contributed by atoms with E-state index in [1.165, 1.54) is 6.92 Å². The Morgan fingerprint density at radius 3 is 2.41 bits per heavy atom. The first-order valence-electron chi connectivity index (χ1n) is 4.46. The van der Waals surface area contributed by atoms with E-state index in [1.807, 2.05) is 5.32 Å². The van der Waals surface area contributed by atoms with Gasteiger partial charge in [0.05, 0.1) is 6.04 Å². The fourth-order valence-corrected chi connectivity index (χ4v) is 0.897. The van der Waals surface area contributed by atoms with Gasteiger partial charge in [0.25, 0.3) is 0 Å². The van der Waals surface area contributed by atoms with Gasteiger partial charge in [-0.3, -0.25) is 4.79 Å². The van der Waals surface area contributed by atoms with Gasteiger partial charge in [-0.05, 0) is 6.92 Å². The van der Waals surface area contributed by atoms with Crippen molar-refractivity contribution in [2.75, 3.05) is 13.1 Å². The first-order valence-corrected chi connectivity index (χ1v) is 4.46. The lowest BCUT2D eigenvalue weighted by Gasteiger charge is -2.23. The number of terminal acetylenes is 1. The standard InChI is InChI=1S/C9H11F3N2O3/c1-3-6(2)13-8(17)14(4-7(15)16)5-9(10,11)12/h1,6H,4-5H2,2H3,(H,13,17)(H,15,16). The number of hydrogen-bond acceptors (Lipinski definition) is 2. The van der Waals surface area contributed by atoms with Crippen molar-refractivity contribution in [3.8, 4) is 12.3 Å². The molecular formula is C9H11F3N2O3. The summed E-state index contributed by atoms with van der Waals surface area (Å²) in [7, 11) is 0. The van der Waals surface area contributed by atoms with E-state index in [9.17, 15) is 22.8 Å². The Labute approximate surface area is 95.6 Å². The van der Waals surface area contributed by atoms with E-state index in [2.05, 4.69) is 5.92 Å². The predicted octanol–water partition coefficient (Wildman–Crippen LogP) is 0.667. The third-order valence-corrected chi connectivity index (χ3v) is 1.57. The molecule has 2 N–H and O–H groups in total. The molecular weight excluding hydrogens is 241 g/mol. The van der Waals surface area contributed by atoms with Gasteiger partial charge in [0, 0.05) is 0 Å². The van der Waals surface area contributed by atoms with Crippen molar-refractivity contribution in [2.24, 2.45) is 0 Å². The summed E-state index contributed by atoms with van der Waals surface area (Å²) in [6.45, 7) is -1.32. The summed E-state index contributed by atoms with van der Waals surface area (Å²) in [6, 6.07) is -1.96. The molecule has 17 heavy (non-hydrogen) atoms. The second-order valence-electron chi connectivity index (χ2n) is 3.20. The van der Waals surface area contributed by atoms with E-state index >= 15 is 0 Å². The average molecular weight is 252 g/mol. The van der Waals surface area contributed by atoms with E-state index in [0.717, 1.165) is 0 Å². The fourth-order valence-electron chi connectivity index (χ4n) is 0.897. The minimum atomic E-state index is -4.67. The number of nitrogens with zero attached hydrogens (tertiary/aromatic N) is 1. The molecule has 1 unspecified atom stereocenters. The molecule has 0 aliphatic heterocycles. The number of carboxylic acids is 1. The summed E-state index contributed by atoms with van der Waals surface area (Å²) < 4.78 is 36.2. The van der Waals surface area contributed by atoms with Gasteiger partial charge in [-0.15, -0.1) is 6.42 Å². The number of alkyl halides is 3. The zero-order chi connectivity index (χ0) is 13.6. The molecule has 0 spiro atoms. The molecule has 0 aromatic carbocycles. The van der Waals surface area contributed by atoms with Crippen LogP contribution in [0.15, 0.2) is 0 Å². The molecule has 2 amide bonds. The predicted molar refractivity (Wildman–Crippen MR) is 52.1 cm³/mol. The number of halogens is 3. The van der Waals surface area contributed by atoms with Crippen LogP contribution >= 0.6 is 0 Å². The van der Waals surface area contributed by atoms with Crippen LogP contribution in [0.4, 0.5) is 18.0 Å². The van der Waals surface area contributed by atoms with Crippen LogP contribution in [0.2, 0.25) is 0 Å². The van der Waals surface area contributed by atoms with Crippen molar-refractivity contribution in [2.45, 2.75) is 19.1 Å². The number of carboxylic acid groups (broad SMARTS) is 1. The van der Waals surface area contributed by atoms with Gasteiger partial charge in [0.1, 0.15) is 13.1 Å². The van der Waals surface area contributed by atoms with E-state index in [4.69, 9.17) is 11.5 Å². The minimum Gasteiger partial charge on any atom is -0.480 e. The molecule has 5 nitrogen and oxygen atoms in total. The highest BCUT2D eigenvalue weighted by Crippen LogP contribution is 2.16. The van der Waals surface area contributed by atoms with Crippen molar-refractivity contribution >= 4 is 12.0 Å². The van der Waals surface area contributed by atoms with E-state index < -0.39 is 37.3 Å². The lowest BCUT2D eigenvalue weighted by molar-refractivity contribution is -0.149. The van der Waals surface area contributed by atoms with Crippen molar-refractivity contribution in [1.29, 1.82) is 0 Å². The highest BCUT2D eigenvalue weighted by Gasteiger charge is 2.34. The maximum absolute atomic E-state index is 12.1. The minimum absolute atomic E-state index is 0.121. The van der Waals surface area contributed by atoms with Crippen LogP contribution < -0.4 is 5.32 Å². The van der Waals surface area contributed by atoms with Crippen LogP contribution in [0.1, 0.15) is 6.92 Å². The summed E-state index contributed by atoms with van der Waals surface area (Å²) >= 11 is 0. The first kappa shape index (κ1) is 15.1. The highest BCUT2D eigenvalue weighted by atomic mass is 19.4. The lowest BCUT2D eigenvalue weighted by atomic mass is 10.3. The molecule has 0 aromatic heterocycles. The molecule has 8 heteroatoms. The van der Waals surface area contributed by atoms with Gasteiger partial charge in [-0.25, -0.2) is 4.79 Å². The number of carbonyl (C=O) groups is 2. The molecule has 96 valence electrons. The molecule has 0 saturated heterocycles. The largest absolute Gasteiger partial charge is 0.480 e. The molecule has 0 aliphatic carbocycles. The molecule has 0 saturated carbocycles. The van der Waals surface area contributed by atoms with Gasteiger partial charge in [0.2, 0.25) is 0 Å². The van der Waals surface area contributed by atoms with E-state index in [1.54, 1.807) is 0 Å². The normalized spacial score (nSPS) is 12.4. The second-order valence-corrected chi connectivity index (χ2v) is 3.20. The van der Waals surface area contributed by atoms with Gasteiger partial charge >= 0.3 is 18.2 Å².